The first-order chi connectivity index (χ1) is 6.50. The van der Waals surface area contributed by atoms with Crippen LogP contribution in [-0.4, -0.2) is 15.8 Å². The van der Waals surface area contributed by atoms with Crippen molar-refractivity contribution in [2.24, 2.45) is 13.0 Å². The van der Waals surface area contributed by atoms with Crippen LogP contribution in [-0.2, 0) is 13.6 Å². The van der Waals surface area contributed by atoms with Gasteiger partial charge < -0.3 is 5.32 Å². The molecule has 1 N–H and O–H groups in total. The lowest BCUT2D eigenvalue weighted by Gasteiger charge is -2.16. The van der Waals surface area contributed by atoms with Crippen molar-refractivity contribution in [3.63, 3.8) is 0 Å². The molecule has 0 saturated carbocycles. The van der Waals surface area contributed by atoms with Crippen LogP contribution in [0, 0.1) is 12.8 Å². The second-order valence-electron chi connectivity index (χ2n) is 4.33. The molecule has 1 heterocycles. The van der Waals surface area contributed by atoms with Gasteiger partial charge in [-0.3, -0.25) is 4.68 Å². The van der Waals surface area contributed by atoms with Crippen LogP contribution in [0.3, 0.4) is 0 Å². The van der Waals surface area contributed by atoms with Gasteiger partial charge in [-0.15, -0.1) is 0 Å². The van der Waals surface area contributed by atoms with E-state index in [4.69, 9.17) is 0 Å². The molecule has 1 atom stereocenters. The lowest BCUT2D eigenvalue weighted by atomic mass is 10.1. The average molecular weight is 195 g/mol. The molecule has 1 aromatic heterocycles. The zero-order valence-corrected chi connectivity index (χ0v) is 9.83. The summed E-state index contributed by atoms with van der Waals surface area (Å²) in [5.41, 5.74) is 2.41. The second kappa shape index (κ2) is 4.60. The Morgan fingerprint density at radius 3 is 2.50 bits per heavy atom. The number of hydrogen-bond donors (Lipinski definition) is 1. The van der Waals surface area contributed by atoms with Gasteiger partial charge >= 0.3 is 0 Å². The Balaban J connectivity index is 2.49. The highest BCUT2D eigenvalue weighted by molar-refractivity contribution is 5.14. The summed E-state index contributed by atoms with van der Waals surface area (Å²) < 4.78 is 1.87. The summed E-state index contributed by atoms with van der Waals surface area (Å²) in [4.78, 5) is 0. The van der Waals surface area contributed by atoms with Gasteiger partial charge in [0.2, 0.25) is 0 Å². The predicted octanol–water partition coefficient (Wildman–Crippen LogP) is 1.86. The molecule has 0 saturated heterocycles. The first kappa shape index (κ1) is 11.2. The van der Waals surface area contributed by atoms with Gasteiger partial charge in [0.15, 0.2) is 0 Å². The Morgan fingerprint density at radius 1 is 1.43 bits per heavy atom. The van der Waals surface area contributed by atoms with E-state index in [2.05, 4.69) is 44.3 Å². The van der Waals surface area contributed by atoms with Gasteiger partial charge in [-0.2, -0.15) is 5.10 Å². The number of nitrogens with one attached hydrogen (secondary N) is 1. The van der Waals surface area contributed by atoms with Crippen molar-refractivity contribution in [3.8, 4) is 0 Å². The monoisotopic (exact) mass is 195 g/mol. The maximum Gasteiger partial charge on any atom is 0.0638 e. The molecule has 0 bridgehead atoms. The predicted molar refractivity (Wildman–Crippen MR) is 59.1 cm³/mol. The Labute approximate surface area is 86.5 Å². The van der Waals surface area contributed by atoms with Gasteiger partial charge in [0.1, 0.15) is 0 Å². The minimum atomic E-state index is 0.551. The summed E-state index contributed by atoms with van der Waals surface area (Å²) in [6.07, 6.45) is 2.08. The van der Waals surface area contributed by atoms with Crippen LogP contribution >= 0.6 is 0 Å². The topological polar surface area (TPSA) is 29.9 Å². The summed E-state index contributed by atoms with van der Waals surface area (Å²) in [5.74, 6) is 0.673. The third-order valence-corrected chi connectivity index (χ3v) is 2.73. The van der Waals surface area contributed by atoms with E-state index in [0.717, 1.165) is 12.2 Å². The maximum atomic E-state index is 4.31. The second-order valence-corrected chi connectivity index (χ2v) is 4.33. The van der Waals surface area contributed by atoms with Gasteiger partial charge in [-0.1, -0.05) is 13.8 Å². The third-order valence-electron chi connectivity index (χ3n) is 2.73. The lowest BCUT2D eigenvalue weighted by molar-refractivity contribution is 0.426. The van der Waals surface area contributed by atoms with E-state index < -0.39 is 0 Å². The summed E-state index contributed by atoms with van der Waals surface area (Å²) in [6, 6.07) is 0.551. The van der Waals surface area contributed by atoms with Gasteiger partial charge in [0.25, 0.3) is 0 Å². The molecule has 1 unspecified atom stereocenters. The fourth-order valence-corrected chi connectivity index (χ4v) is 1.33. The van der Waals surface area contributed by atoms with Crippen LogP contribution in [0.15, 0.2) is 6.20 Å². The molecule has 3 heteroatoms. The quantitative estimate of drug-likeness (QED) is 0.794. The Bertz CT molecular complexity index is 289. The Kier molecular flexibility index (Phi) is 3.69. The smallest absolute Gasteiger partial charge is 0.0638 e. The molecular formula is C11H21N3. The van der Waals surface area contributed by atoms with E-state index >= 15 is 0 Å². The minimum absolute atomic E-state index is 0.551. The molecule has 0 aliphatic carbocycles. The first-order valence-corrected chi connectivity index (χ1v) is 5.23. The molecule has 0 aliphatic heterocycles. The van der Waals surface area contributed by atoms with Crippen molar-refractivity contribution >= 4 is 0 Å². The summed E-state index contributed by atoms with van der Waals surface area (Å²) >= 11 is 0. The summed E-state index contributed by atoms with van der Waals surface area (Å²) in [6.45, 7) is 9.65. The van der Waals surface area contributed by atoms with E-state index in [1.54, 1.807) is 0 Å². The normalized spacial score (nSPS) is 13.6. The molecule has 1 rings (SSSR count). The standard InChI is InChI=1S/C11H21N3/c1-8(2)9(3)12-6-11-7-14(5)13-10(11)4/h7-9,12H,6H2,1-5H3. The van der Waals surface area contributed by atoms with Gasteiger partial charge in [-0.05, 0) is 19.8 Å². The largest absolute Gasteiger partial charge is 0.310 e. The SMILES string of the molecule is Cc1nn(C)cc1CNC(C)C(C)C. The summed E-state index contributed by atoms with van der Waals surface area (Å²) in [5, 5.41) is 7.81. The zero-order valence-electron chi connectivity index (χ0n) is 9.83. The van der Waals surface area contributed by atoms with E-state index in [1.165, 1.54) is 5.56 Å². The zero-order chi connectivity index (χ0) is 10.7. The first-order valence-electron chi connectivity index (χ1n) is 5.23. The molecule has 3 nitrogen and oxygen atoms in total. The molecule has 0 fully saturated rings. The van der Waals surface area contributed by atoms with Crippen molar-refractivity contribution in [3.05, 3.63) is 17.5 Å². The van der Waals surface area contributed by atoms with Gasteiger partial charge in [-0.25, -0.2) is 0 Å². The van der Waals surface area contributed by atoms with Crippen molar-refractivity contribution < 1.29 is 0 Å². The Hall–Kier alpha value is -0.830. The van der Waals surface area contributed by atoms with Crippen LogP contribution in [0.1, 0.15) is 32.0 Å². The van der Waals surface area contributed by atoms with Crippen molar-refractivity contribution in [1.82, 2.24) is 15.1 Å². The Morgan fingerprint density at radius 2 is 2.07 bits per heavy atom. The molecule has 0 radical (unpaired) electrons. The van der Waals surface area contributed by atoms with Crippen LogP contribution in [0.2, 0.25) is 0 Å². The highest BCUT2D eigenvalue weighted by atomic mass is 15.2. The molecule has 0 aromatic carbocycles. The van der Waals surface area contributed by atoms with Crippen molar-refractivity contribution in [2.45, 2.75) is 40.3 Å². The van der Waals surface area contributed by atoms with Crippen LogP contribution < -0.4 is 5.32 Å². The average Bonchev–Trinajstić information content (AvgIpc) is 2.40. The minimum Gasteiger partial charge on any atom is -0.310 e. The lowest BCUT2D eigenvalue weighted by Crippen LogP contribution is -2.30. The van der Waals surface area contributed by atoms with Crippen LogP contribution in [0.25, 0.3) is 0 Å². The van der Waals surface area contributed by atoms with E-state index in [9.17, 15) is 0 Å². The molecular weight excluding hydrogens is 174 g/mol. The van der Waals surface area contributed by atoms with Gasteiger partial charge in [0, 0.05) is 31.4 Å². The van der Waals surface area contributed by atoms with E-state index in [1.807, 2.05) is 11.7 Å². The fraction of sp³-hybridized carbons (Fsp3) is 0.727. The van der Waals surface area contributed by atoms with E-state index in [0.29, 0.717) is 12.0 Å². The maximum absolute atomic E-state index is 4.31. The number of hydrogen-bond acceptors (Lipinski definition) is 2. The molecule has 80 valence electrons. The van der Waals surface area contributed by atoms with Crippen molar-refractivity contribution in [2.75, 3.05) is 0 Å². The molecule has 0 amide bonds. The fourth-order valence-electron chi connectivity index (χ4n) is 1.33. The van der Waals surface area contributed by atoms with Gasteiger partial charge in [0.05, 0.1) is 5.69 Å². The van der Waals surface area contributed by atoms with Crippen molar-refractivity contribution in [1.29, 1.82) is 0 Å². The molecule has 0 spiro atoms. The third kappa shape index (κ3) is 2.84. The molecule has 0 aliphatic rings. The number of nitrogens with zero attached hydrogens (tertiary/aromatic N) is 2. The van der Waals surface area contributed by atoms with E-state index in [-0.39, 0.29) is 0 Å². The van der Waals surface area contributed by atoms with Crippen LogP contribution in [0.4, 0.5) is 0 Å². The number of aryl methyl sites for hydroxylation is 2. The number of rotatable bonds is 4. The highest BCUT2D eigenvalue weighted by Crippen LogP contribution is 2.06. The number of aromatic nitrogens is 2. The van der Waals surface area contributed by atoms with Crippen LogP contribution in [0.5, 0.6) is 0 Å². The highest BCUT2D eigenvalue weighted by Gasteiger charge is 2.08. The molecule has 14 heavy (non-hydrogen) atoms. The summed E-state index contributed by atoms with van der Waals surface area (Å²) in [7, 11) is 1.96. The molecule has 1 aromatic rings.